The van der Waals surface area contributed by atoms with E-state index >= 15 is 0 Å². The Morgan fingerprint density at radius 3 is 2.43 bits per heavy atom. The van der Waals surface area contributed by atoms with Gasteiger partial charge in [-0.15, -0.1) is 11.3 Å². The molecule has 1 unspecified atom stereocenters. The van der Waals surface area contributed by atoms with Crippen molar-refractivity contribution in [3.8, 4) is 6.07 Å². The molecule has 2 amide bonds. The lowest BCUT2D eigenvalue weighted by Gasteiger charge is -2.29. The summed E-state index contributed by atoms with van der Waals surface area (Å²) in [4.78, 5) is 26.8. The molecule has 1 atom stereocenters. The molecule has 6 nitrogen and oxygen atoms in total. The van der Waals surface area contributed by atoms with Crippen molar-refractivity contribution in [2.24, 2.45) is 0 Å². The van der Waals surface area contributed by atoms with Gasteiger partial charge in [0.2, 0.25) is 5.91 Å². The van der Waals surface area contributed by atoms with Crippen LogP contribution < -0.4 is 16.0 Å². The Labute approximate surface area is 225 Å². The molecule has 1 aromatic heterocycles. The maximum Gasteiger partial charge on any atom is 0.254 e. The van der Waals surface area contributed by atoms with Gasteiger partial charge in [-0.2, -0.15) is 5.26 Å². The fourth-order valence-corrected chi connectivity index (χ4v) is 5.75. The first-order chi connectivity index (χ1) is 17.0. The largest absolute Gasteiger partial charge is 0.353 e. The molecule has 4 rings (SSSR count). The van der Waals surface area contributed by atoms with Crippen LogP contribution in [0.5, 0.6) is 0 Å². The topological polar surface area (TPSA) is 94.0 Å². The van der Waals surface area contributed by atoms with Crippen molar-refractivity contribution in [1.29, 1.82) is 5.26 Å². The molecule has 0 saturated heterocycles. The minimum atomic E-state index is -0.522. The van der Waals surface area contributed by atoms with Crippen LogP contribution in [0.3, 0.4) is 0 Å². The summed E-state index contributed by atoms with van der Waals surface area (Å²) in [5.74, 6) is -0.848. The van der Waals surface area contributed by atoms with Crippen LogP contribution >= 0.6 is 45.7 Å². The Bertz CT molecular complexity index is 1330. The van der Waals surface area contributed by atoms with Crippen molar-refractivity contribution in [3.05, 3.63) is 102 Å². The number of thioether (sulfide) groups is 1. The van der Waals surface area contributed by atoms with Crippen molar-refractivity contribution < 1.29 is 9.59 Å². The molecule has 2 heterocycles. The van der Waals surface area contributed by atoms with E-state index in [1.165, 1.54) is 23.1 Å². The lowest BCUT2D eigenvalue weighted by atomic mass is 9.86. The Kier molecular flexibility index (Phi) is 8.28. The number of nitrogens with zero attached hydrogens (tertiary/aromatic N) is 1. The Balaban J connectivity index is 1.57. The summed E-state index contributed by atoms with van der Waals surface area (Å²) in [6.45, 7) is 1.82. The molecule has 1 aliphatic rings. The molecule has 3 N–H and O–H groups in total. The van der Waals surface area contributed by atoms with E-state index in [0.717, 1.165) is 14.1 Å². The van der Waals surface area contributed by atoms with Gasteiger partial charge in [0.15, 0.2) is 0 Å². The number of amides is 2. The van der Waals surface area contributed by atoms with E-state index in [2.05, 4.69) is 44.6 Å². The third-order valence-corrected chi connectivity index (χ3v) is 7.90. The molecule has 2 aromatic carbocycles. The predicted molar refractivity (Wildman–Crippen MR) is 151 cm³/mol. The first-order valence-electron chi connectivity index (χ1n) is 10.7. The van der Waals surface area contributed by atoms with Gasteiger partial charge < -0.3 is 16.0 Å². The number of thiophene rings is 1. The van der Waals surface area contributed by atoms with Crippen LogP contribution in [0, 0.1) is 14.9 Å². The van der Waals surface area contributed by atoms with Gasteiger partial charge in [0, 0.05) is 31.1 Å². The Hall–Kier alpha value is -3.07. The number of allylic oxidation sites excluding steroid dienone is 2. The van der Waals surface area contributed by atoms with Crippen molar-refractivity contribution in [2.45, 2.75) is 12.8 Å². The number of nitriles is 1. The zero-order valence-electron chi connectivity index (χ0n) is 18.7. The van der Waals surface area contributed by atoms with Gasteiger partial charge in [-0.05, 0) is 77.4 Å². The van der Waals surface area contributed by atoms with E-state index in [1.807, 2.05) is 79.0 Å². The Morgan fingerprint density at radius 1 is 1.06 bits per heavy atom. The molecule has 0 aliphatic carbocycles. The second-order valence-corrected chi connectivity index (χ2v) is 10.8. The Morgan fingerprint density at radius 2 is 1.77 bits per heavy atom. The smallest absolute Gasteiger partial charge is 0.254 e. The van der Waals surface area contributed by atoms with Crippen LogP contribution in [-0.2, 0) is 9.59 Å². The van der Waals surface area contributed by atoms with E-state index in [-0.39, 0.29) is 17.6 Å². The number of carbonyl (C=O) groups excluding carboxylic acids is 2. The van der Waals surface area contributed by atoms with Crippen molar-refractivity contribution in [3.63, 3.8) is 0 Å². The van der Waals surface area contributed by atoms with Gasteiger partial charge in [-0.3, -0.25) is 9.59 Å². The second-order valence-electron chi connectivity index (χ2n) is 7.63. The number of para-hydroxylation sites is 1. The summed E-state index contributed by atoms with van der Waals surface area (Å²) in [5.41, 5.74) is 2.95. The number of nitrogens with one attached hydrogen (secondary N) is 3. The van der Waals surface area contributed by atoms with Crippen molar-refractivity contribution in [1.82, 2.24) is 5.32 Å². The number of rotatable bonds is 7. The van der Waals surface area contributed by atoms with Gasteiger partial charge >= 0.3 is 0 Å². The molecule has 35 heavy (non-hydrogen) atoms. The van der Waals surface area contributed by atoms with Gasteiger partial charge in [0.25, 0.3) is 5.91 Å². The summed E-state index contributed by atoms with van der Waals surface area (Å²) in [5, 5.41) is 21.7. The van der Waals surface area contributed by atoms with Gasteiger partial charge in [0.05, 0.1) is 28.3 Å². The van der Waals surface area contributed by atoms with Crippen molar-refractivity contribution >= 4 is 68.9 Å². The van der Waals surface area contributed by atoms with Crippen LogP contribution in [0.1, 0.15) is 17.7 Å². The van der Waals surface area contributed by atoms with E-state index < -0.39 is 5.92 Å². The van der Waals surface area contributed by atoms with E-state index in [1.54, 1.807) is 0 Å². The lowest BCUT2D eigenvalue weighted by Crippen LogP contribution is -2.30. The molecule has 1 aliphatic heterocycles. The van der Waals surface area contributed by atoms with Crippen LogP contribution in [0.15, 0.2) is 94.0 Å². The average molecular weight is 613 g/mol. The zero-order valence-corrected chi connectivity index (χ0v) is 22.5. The molecule has 176 valence electrons. The maximum atomic E-state index is 13.3. The fourth-order valence-electron chi connectivity index (χ4n) is 3.66. The third-order valence-electron chi connectivity index (χ3n) is 5.23. The van der Waals surface area contributed by atoms with Crippen LogP contribution in [0.2, 0.25) is 0 Å². The molecule has 3 aromatic rings. The standard InChI is InChI=1S/C26H21IN4O2S2/c1-16-23(25(33)31-18-6-3-2-4-7-18)24(21-8-5-13-34-21)20(14-28)26(29-16)35-15-22(32)30-19-11-9-17(27)10-12-19/h2-13,24,29H,15H2,1H3,(H,30,32)(H,31,33). The van der Waals surface area contributed by atoms with Crippen LogP contribution in [-0.4, -0.2) is 17.6 Å². The SMILES string of the molecule is CC1=C(C(=O)Nc2ccccc2)C(c2cccs2)C(C#N)=C(SCC(=O)Nc2ccc(I)cc2)N1. The van der Waals surface area contributed by atoms with Gasteiger partial charge in [0.1, 0.15) is 0 Å². The number of hydrogen-bond donors (Lipinski definition) is 3. The summed E-state index contributed by atoms with van der Waals surface area (Å²) >= 11 is 4.95. The lowest BCUT2D eigenvalue weighted by molar-refractivity contribution is -0.114. The molecule has 9 heteroatoms. The van der Waals surface area contributed by atoms with E-state index in [4.69, 9.17) is 0 Å². The minimum Gasteiger partial charge on any atom is -0.353 e. The molecule has 0 radical (unpaired) electrons. The normalized spacial score (nSPS) is 15.3. The number of dihydropyridines is 1. The quantitative estimate of drug-likeness (QED) is 0.282. The van der Waals surface area contributed by atoms with Crippen LogP contribution in [0.25, 0.3) is 0 Å². The number of carbonyl (C=O) groups is 2. The summed E-state index contributed by atoms with van der Waals surface area (Å²) in [6, 6.07) is 22.9. The summed E-state index contributed by atoms with van der Waals surface area (Å²) in [7, 11) is 0. The summed E-state index contributed by atoms with van der Waals surface area (Å²) in [6.07, 6.45) is 0. The fraction of sp³-hybridized carbons (Fsp3) is 0.115. The molecule has 0 fully saturated rings. The highest BCUT2D eigenvalue weighted by Gasteiger charge is 2.35. The number of halogens is 1. The third kappa shape index (κ3) is 6.14. The van der Waals surface area contributed by atoms with Gasteiger partial charge in [-0.1, -0.05) is 36.0 Å². The van der Waals surface area contributed by atoms with E-state index in [9.17, 15) is 14.9 Å². The van der Waals surface area contributed by atoms with Gasteiger partial charge in [-0.25, -0.2) is 0 Å². The molecule has 0 saturated carbocycles. The van der Waals surface area contributed by atoms with E-state index in [0.29, 0.717) is 27.6 Å². The molecular formula is C26H21IN4O2S2. The summed E-state index contributed by atoms with van der Waals surface area (Å²) < 4.78 is 1.08. The highest BCUT2D eigenvalue weighted by Crippen LogP contribution is 2.42. The highest BCUT2D eigenvalue weighted by molar-refractivity contribution is 14.1. The number of hydrogen-bond acceptors (Lipinski definition) is 6. The molecule has 0 bridgehead atoms. The maximum absolute atomic E-state index is 13.3. The number of benzene rings is 2. The highest BCUT2D eigenvalue weighted by atomic mass is 127. The first kappa shape index (κ1) is 25.0. The first-order valence-corrected chi connectivity index (χ1v) is 13.6. The van der Waals surface area contributed by atoms with Crippen LogP contribution in [0.4, 0.5) is 11.4 Å². The minimum absolute atomic E-state index is 0.121. The predicted octanol–water partition coefficient (Wildman–Crippen LogP) is 6.06. The average Bonchev–Trinajstić information content (AvgIpc) is 3.39. The number of anilines is 2. The van der Waals surface area contributed by atoms with Crippen molar-refractivity contribution in [2.75, 3.05) is 16.4 Å². The second kappa shape index (κ2) is 11.6. The molecular weight excluding hydrogens is 591 g/mol. The molecule has 0 spiro atoms. The zero-order chi connectivity index (χ0) is 24.8. The monoisotopic (exact) mass is 612 g/mol.